The Morgan fingerprint density at radius 2 is 1.72 bits per heavy atom. The van der Waals surface area contributed by atoms with Gasteiger partial charge in [0.2, 0.25) is 11.8 Å². The molecular formula is C25H23N3O3S. The fourth-order valence-corrected chi connectivity index (χ4v) is 4.39. The van der Waals surface area contributed by atoms with Gasteiger partial charge in [0.05, 0.1) is 12.1 Å². The normalized spacial score (nSPS) is 13.5. The molecule has 0 unspecified atom stereocenters. The van der Waals surface area contributed by atoms with E-state index < -0.39 is 0 Å². The van der Waals surface area contributed by atoms with Gasteiger partial charge in [0.1, 0.15) is 5.03 Å². The molecule has 162 valence electrons. The third-order valence-electron chi connectivity index (χ3n) is 5.42. The van der Waals surface area contributed by atoms with Gasteiger partial charge in [-0.05, 0) is 66.9 Å². The van der Waals surface area contributed by atoms with E-state index in [0.29, 0.717) is 16.3 Å². The van der Waals surface area contributed by atoms with Crippen molar-refractivity contribution in [2.75, 3.05) is 5.32 Å². The lowest BCUT2D eigenvalue weighted by Crippen LogP contribution is -2.28. The van der Waals surface area contributed by atoms with Crippen LogP contribution in [0.15, 0.2) is 70.7 Å². The van der Waals surface area contributed by atoms with Crippen LogP contribution in [0.2, 0.25) is 0 Å². The van der Waals surface area contributed by atoms with Crippen LogP contribution < -0.4 is 5.32 Å². The van der Waals surface area contributed by atoms with Crippen molar-refractivity contribution in [1.29, 1.82) is 0 Å². The molecule has 3 aromatic rings. The third-order valence-corrected chi connectivity index (χ3v) is 6.42. The van der Waals surface area contributed by atoms with E-state index in [1.54, 1.807) is 30.5 Å². The molecule has 4 rings (SSSR count). The second kappa shape index (κ2) is 9.36. The summed E-state index contributed by atoms with van der Waals surface area (Å²) in [6.45, 7) is 4.38. The molecule has 1 fully saturated rings. The number of amides is 3. The number of carbonyl (C=O) groups excluding carboxylic acids is 3. The number of hydrogen-bond acceptors (Lipinski definition) is 5. The molecule has 6 nitrogen and oxygen atoms in total. The highest BCUT2D eigenvalue weighted by molar-refractivity contribution is 7.99. The Morgan fingerprint density at radius 3 is 2.41 bits per heavy atom. The lowest BCUT2D eigenvalue weighted by Gasteiger charge is -2.14. The van der Waals surface area contributed by atoms with Gasteiger partial charge in [0.15, 0.2) is 0 Å². The van der Waals surface area contributed by atoms with Crippen molar-refractivity contribution in [2.24, 2.45) is 0 Å². The smallest absolute Gasteiger partial charge is 0.258 e. The number of carbonyl (C=O) groups is 3. The van der Waals surface area contributed by atoms with Crippen molar-refractivity contribution < 1.29 is 14.4 Å². The second-order valence-corrected chi connectivity index (χ2v) is 8.79. The summed E-state index contributed by atoms with van der Waals surface area (Å²) in [7, 11) is 0. The van der Waals surface area contributed by atoms with Crippen LogP contribution in [0, 0.1) is 13.8 Å². The minimum Gasteiger partial charge on any atom is -0.322 e. The maximum atomic E-state index is 12.9. The Bertz CT molecular complexity index is 1180. The number of hydrogen-bond donors (Lipinski definition) is 1. The maximum Gasteiger partial charge on any atom is 0.258 e. The summed E-state index contributed by atoms with van der Waals surface area (Å²) >= 11 is 1.46. The standard InChI is InChI=1S/C25H23N3O3S/c1-16-5-10-20(14-17(16)2)32-25-21(4-3-13-26-25)24(31)27-19-8-6-18(7-9-19)15-28-22(29)11-12-23(28)30/h3-10,13-14H,11-12,15H2,1-2H3,(H,27,31). The first-order valence-electron chi connectivity index (χ1n) is 10.3. The molecule has 0 spiro atoms. The summed E-state index contributed by atoms with van der Waals surface area (Å²) in [5.41, 5.74) is 4.36. The average molecular weight is 446 g/mol. The van der Waals surface area contributed by atoms with E-state index in [1.165, 1.54) is 27.8 Å². The number of pyridine rings is 1. The summed E-state index contributed by atoms with van der Waals surface area (Å²) in [5.74, 6) is -0.530. The largest absolute Gasteiger partial charge is 0.322 e. The molecule has 1 aliphatic rings. The number of aryl methyl sites for hydroxylation is 2. The van der Waals surface area contributed by atoms with Gasteiger partial charge in [-0.2, -0.15) is 0 Å². The van der Waals surface area contributed by atoms with Crippen LogP contribution in [-0.4, -0.2) is 27.6 Å². The molecule has 1 aliphatic heterocycles. The zero-order valence-electron chi connectivity index (χ0n) is 17.9. The van der Waals surface area contributed by atoms with Gasteiger partial charge in [-0.1, -0.05) is 30.0 Å². The molecule has 1 aromatic heterocycles. The topological polar surface area (TPSA) is 79.4 Å². The number of benzene rings is 2. The number of nitrogens with zero attached hydrogens (tertiary/aromatic N) is 2. The van der Waals surface area contributed by atoms with Crippen molar-refractivity contribution in [3.63, 3.8) is 0 Å². The van der Waals surface area contributed by atoms with Crippen LogP contribution in [0.1, 0.15) is 39.9 Å². The summed E-state index contributed by atoms with van der Waals surface area (Å²) in [6, 6.07) is 16.8. The number of anilines is 1. The molecule has 1 N–H and O–H groups in total. The van der Waals surface area contributed by atoms with Gasteiger partial charge in [0, 0.05) is 29.6 Å². The maximum absolute atomic E-state index is 12.9. The molecular weight excluding hydrogens is 422 g/mol. The first-order valence-corrected chi connectivity index (χ1v) is 11.2. The monoisotopic (exact) mass is 445 g/mol. The first-order chi connectivity index (χ1) is 15.4. The van der Waals surface area contributed by atoms with E-state index >= 15 is 0 Å². The van der Waals surface area contributed by atoms with Crippen molar-refractivity contribution in [3.05, 3.63) is 83.0 Å². The number of nitrogens with one attached hydrogen (secondary N) is 1. The van der Waals surface area contributed by atoms with E-state index in [4.69, 9.17) is 0 Å². The van der Waals surface area contributed by atoms with Crippen LogP contribution >= 0.6 is 11.8 Å². The minimum absolute atomic E-state index is 0.141. The van der Waals surface area contributed by atoms with Crippen LogP contribution in [0.5, 0.6) is 0 Å². The zero-order valence-corrected chi connectivity index (χ0v) is 18.7. The number of likely N-dealkylation sites (tertiary alicyclic amines) is 1. The van der Waals surface area contributed by atoms with E-state index in [0.717, 1.165) is 10.5 Å². The van der Waals surface area contributed by atoms with Gasteiger partial charge >= 0.3 is 0 Å². The molecule has 0 radical (unpaired) electrons. The molecule has 3 amide bonds. The fraction of sp³-hybridized carbons (Fsp3) is 0.200. The number of rotatable bonds is 6. The van der Waals surface area contributed by atoms with E-state index in [9.17, 15) is 14.4 Å². The molecule has 0 aliphatic carbocycles. The minimum atomic E-state index is -0.248. The quantitative estimate of drug-likeness (QED) is 0.554. The molecule has 32 heavy (non-hydrogen) atoms. The highest BCUT2D eigenvalue weighted by Gasteiger charge is 2.28. The van der Waals surface area contributed by atoms with Crippen molar-refractivity contribution in [2.45, 2.75) is 43.2 Å². The molecule has 0 bridgehead atoms. The Kier molecular flexibility index (Phi) is 6.37. The highest BCUT2D eigenvalue weighted by atomic mass is 32.2. The molecule has 7 heteroatoms. The van der Waals surface area contributed by atoms with Crippen molar-refractivity contribution in [1.82, 2.24) is 9.88 Å². The molecule has 0 saturated carbocycles. The highest BCUT2D eigenvalue weighted by Crippen LogP contribution is 2.30. The van der Waals surface area contributed by atoms with Crippen molar-refractivity contribution in [3.8, 4) is 0 Å². The first kappa shape index (κ1) is 21.8. The average Bonchev–Trinajstić information content (AvgIpc) is 3.10. The zero-order chi connectivity index (χ0) is 22.7. The predicted molar refractivity (Wildman–Crippen MR) is 123 cm³/mol. The Balaban J connectivity index is 1.45. The van der Waals surface area contributed by atoms with Crippen molar-refractivity contribution >= 4 is 35.2 Å². The van der Waals surface area contributed by atoms with E-state index in [2.05, 4.69) is 36.3 Å². The molecule has 0 atom stereocenters. The second-order valence-electron chi connectivity index (χ2n) is 7.73. The molecule has 2 aromatic carbocycles. The molecule has 1 saturated heterocycles. The Morgan fingerprint density at radius 1 is 1.00 bits per heavy atom. The van der Waals surface area contributed by atoms with Crippen LogP contribution in [0.25, 0.3) is 0 Å². The third kappa shape index (κ3) is 4.89. The molecule has 2 heterocycles. The van der Waals surface area contributed by atoms with Gasteiger partial charge in [-0.3, -0.25) is 19.3 Å². The van der Waals surface area contributed by atoms with Gasteiger partial charge in [0.25, 0.3) is 5.91 Å². The fourth-order valence-electron chi connectivity index (χ4n) is 3.41. The van der Waals surface area contributed by atoms with Crippen LogP contribution in [0.3, 0.4) is 0 Å². The summed E-state index contributed by atoms with van der Waals surface area (Å²) in [5, 5.41) is 3.54. The summed E-state index contributed by atoms with van der Waals surface area (Å²) in [4.78, 5) is 43.2. The van der Waals surface area contributed by atoms with Gasteiger partial charge < -0.3 is 5.32 Å². The number of aromatic nitrogens is 1. The van der Waals surface area contributed by atoms with Crippen LogP contribution in [0.4, 0.5) is 5.69 Å². The Labute approximate surface area is 191 Å². The SMILES string of the molecule is Cc1ccc(Sc2ncccc2C(=O)Nc2ccc(CN3C(=O)CCC3=O)cc2)cc1C. The lowest BCUT2D eigenvalue weighted by atomic mass is 10.1. The lowest BCUT2D eigenvalue weighted by molar-refractivity contribution is -0.139. The van der Waals surface area contributed by atoms with Gasteiger partial charge in [-0.15, -0.1) is 0 Å². The predicted octanol–water partition coefficient (Wildman–Crippen LogP) is 4.75. The summed E-state index contributed by atoms with van der Waals surface area (Å²) in [6.07, 6.45) is 2.23. The van der Waals surface area contributed by atoms with Crippen LogP contribution in [-0.2, 0) is 16.1 Å². The summed E-state index contributed by atoms with van der Waals surface area (Å²) < 4.78 is 0. The van der Waals surface area contributed by atoms with Gasteiger partial charge in [-0.25, -0.2) is 4.98 Å². The van der Waals surface area contributed by atoms with E-state index in [-0.39, 0.29) is 37.1 Å². The van der Waals surface area contributed by atoms with E-state index in [1.807, 2.05) is 18.2 Å². The number of imide groups is 1. The Hall–Kier alpha value is -3.45.